The van der Waals surface area contributed by atoms with Crippen molar-refractivity contribution in [2.75, 3.05) is 32.7 Å². The van der Waals surface area contributed by atoms with E-state index < -0.39 is 0 Å². The van der Waals surface area contributed by atoms with Crippen LogP contribution in [0.4, 0.5) is 0 Å². The molecule has 1 aromatic carbocycles. The number of fused-ring (bicyclic) bond motifs is 1. The van der Waals surface area contributed by atoms with Gasteiger partial charge in [0.1, 0.15) is 0 Å². The van der Waals surface area contributed by atoms with Crippen LogP contribution < -0.4 is 5.32 Å². The van der Waals surface area contributed by atoms with Crippen LogP contribution in [0.2, 0.25) is 0 Å². The van der Waals surface area contributed by atoms with E-state index in [4.69, 9.17) is 5.32 Å². The van der Waals surface area contributed by atoms with Gasteiger partial charge in [0.05, 0.1) is 0 Å². The van der Waals surface area contributed by atoms with Gasteiger partial charge < -0.3 is 4.98 Å². The lowest BCUT2D eigenvalue weighted by molar-refractivity contribution is 0.0589. The molecule has 2 saturated heterocycles. The molecule has 0 amide bonds. The van der Waals surface area contributed by atoms with Crippen molar-refractivity contribution in [3.63, 3.8) is 0 Å². The van der Waals surface area contributed by atoms with Gasteiger partial charge in [-0.05, 0) is 42.9 Å². The topological polar surface area (TPSA) is 36.4 Å². The summed E-state index contributed by atoms with van der Waals surface area (Å²) in [5, 5.41) is 6.21. The number of piperidine rings is 1. The fourth-order valence-corrected chi connectivity index (χ4v) is 4.88. The molecule has 2 aromatic rings. The van der Waals surface area contributed by atoms with Crippen LogP contribution >= 0.6 is 0 Å². The van der Waals surface area contributed by atoms with Crippen LogP contribution in [0.5, 0.6) is 0 Å². The highest BCUT2D eigenvalue weighted by molar-refractivity contribution is 5.83. The molecule has 139 valence electrons. The molecule has 2 aliphatic heterocycles. The van der Waals surface area contributed by atoms with Gasteiger partial charge in [0.2, 0.25) is 0 Å². The van der Waals surface area contributed by atoms with Crippen molar-refractivity contribution >= 4 is 10.9 Å². The molecule has 1 aromatic heterocycles. The van der Waals surface area contributed by atoms with Gasteiger partial charge in [-0.25, -0.2) is 5.32 Å². The molecule has 5 rings (SSSR count). The molecule has 26 heavy (non-hydrogen) atoms. The zero-order valence-corrected chi connectivity index (χ0v) is 15.8. The van der Waals surface area contributed by atoms with Crippen molar-refractivity contribution in [2.24, 2.45) is 0 Å². The third kappa shape index (κ3) is 3.30. The SMILES string of the molecule is c1cc2c(CN3CCN(C4CCC4)CC3)c[nH]c2cc1C1CCCC[N]1. The average molecular weight is 352 g/mol. The van der Waals surface area contributed by atoms with Gasteiger partial charge in [-0.1, -0.05) is 25.0 Å². The van der Waals surface area contributed by atoms with Gasteiger partial charge in [-0.2, -0.15) is 0 Å². The van der Waals surface area contributed by atoms with Gasteiger partial charge in [0.15, 0.2) is 0 Å². The molecular weight excluding hydrogens is 320 g/mol. The summed E-state index contributed by atoms with van der Waals surface area (Å²) in [4.78, 5) is 8.87. The summed E-state index contributed by atoms with van der Waals surface area (Å²) in [5.41, 5.74) is 4.12. The molecule has 1 aliphatic carbocycles. The number of aromatic nitrogens is 1. The van der Waals surface area contributed by atoms with Crippen LogP contribution in [0.25, 0.3) is 10.9 Å². The second-order valence-corrected chi connectivity index (χ2v) is 8.43. The standard InChI is InChI=1S/C22H31N4/c1-2-9-23-21(6-1)17-7-8-20-18(15-24-22(20)14-17)16-25-10-12-26(13-11-25)19-4-3-5-19/h7-8,14-15,19,21,24H,1-6,9-13,16H2. The Labute approximate surface area is 156 Å². The van der Waals surface area contributed by atoms with Crippen LogP contribution in [0.3, 0.4) is 0 Å². The fraction of sp³-hybridized carbons (Fsp3) is 0.636. The number of nitrogens with one attached hydrogen (secondary N) is 1. The van der Waals surface area contributed by atoms with E-state index in [2.05, 4.69) is 39.2 Å². The molecule has 0 bridgehead atoms. The summed E-state index contributed by atoms with van der Waals surface area (Å²) < 4.78 is 0. The Kier molecular flexibility index (Phi) is 4.74. The molecule has 3 heterocycles. The van der Waals surface area contributed by atoms with Crippen LogP contribution in [0.15, 0.2) is 24.4 Å². The van der Waals surface area contributed by atoms with Crippen LogP contribution in [0.1, 0.15) is 55.7 Å². The predicted octanol–water partition coefficient (Wildman–Crippen LogP) is 3.67. The molecule has 1 atom stereocenters. The Morgan fingerprint density at radius 1 is 1.00 bits per heavy atom. The monoisotopic (exact) mass is 351 g/mol. The average Bonchev–Trinajstić information content (AvgIpc) is 3.05. The molecule has 1 unspecified atom stereocenters. The Balaban J connectivity index is 1.25. The van der Waals surface area contributed by atoms with E-state index in [9.17, 15) is 0 Å². The number of benzene rings is 1. The number of rotatable bonds is 4. The highest BCUT2D eigenvalue weighted by Gasteiger charge is 2.28. The summed E-state index contributed by atoms with van der Waals surface area (Å²) in [6.45, 7) is 7.03. The van der Waals surface area contributed by atoms with Gasteiger partial charge in [-0.3, -0.25) is 9.80 Å². The van der Waals surface area contributed by atoms with Crippen LogP contribution in [-0.4, -0.2) is 53.5 Å². The molecule has 0 spiro atoms. The highest BCUT2D eigenvalue weighted by atomic mass is 15.3. The first-order valence-electron chi connectivity index (χ1n) is 10.6. The number of H-pyrrole nitrogens is 1. The Morgan fingerprint density at radius 3 is 2.62 bits per heavy atom. The molecule has 3 fully saturated rings. The molecule has 4 nitrogen and oxygen atoms in total. The van der Waals surface area contributed by atoms with Crippen LogP contribution in [-0.2, 0) is 6.54 Å². The summed E-state index contributed by atoms with van der Waals surface area (Å²) >= 11 is 0. The number of aromatic amines is 1. The van der Waals surface area contributed by atoms with Crippen molar-refractivity contribution in [3.05, 3.63) is 35.5 Å². The number of nitrogens with zero attached hydrogens (tertiary/aromatic N) is 3. The summed E-state index contributed by atoms with van der Waals surface area (Å²) in [6, 6.07) is 8.29. The zero-order chi connectivity index (χ0) is 17.3. The quantitative estimate of drug-likeness (QED) is 0.912. The van der Waals surface area contributed by atoms with E-state index in [1.165, 1.54) is 86.7 Å². The maximum Gasteiger partial charge on any atom is 0.0496 e. The first-order chi connectivity index (χ1) is 12.9. The number of hydrogen-bond donors (Lipinski definition) is 1. The maximum absolute atomic E-state index is 4.81. The molecule has 1 N–H and O–H groups in total. The minimum absolute atomic E-state index is 0.416. The maximum atomic E-state index is 4.81. The van der Waals surface area contributed by atoms with Gasteiger partial charge >= 0.3 is 0 Å². The number of hydrogen-bond acceptors (Lipinski definition) is 2. The third-order valence-electron chi connectivity index (χ3n) is 6.80. The first-order valence-corrected chi connectivity index (χ1v) is 10.6. The Morgan fingerprint density at radius 2 is 1.88 bits per heavy atom. The Bertz CT molecular complexity index is 734. The van der Waals surface area contributed by atoms with E-state index in [-0.39, 0.29) is 0 Å². The lowest BCUT2D eigenvalue weighted by atomic mass is 9.91. The van der Waals surface area contributed by atoms with Crippen molar-refractivity contribution in [3.8, 4) is 0 Å². The normalized spacial score (nSPS) is 26.2. The van der Waals surface area contributed by atoms with Crippen molar-refractivity contribution in [2.45, 2.75) is 57.2 Å². The molecule has 1 saturated carbocycles. The predicted molar refractivity (Wildman–Crippen MR) is 106 cm³/mol. The summed E-state index contributed by atoms with van der Waals surface area (Å²) in [5.74, 6) is 0. The minimum atomic E-state index is 0.416. The van der Waals surface area contributed by atoms with E-state index in [0.29, 0.717) is 6.04 Å². The smallest absolute Gasteiger partial charge is 0.0496 e. The third-order valence-corrected chi connectivity index (χ3v) is 6.80. The highest BCUT2D eigenvalue weighted by Crippen LogP contribution is 2.29. The van der Waals surface area contributed by atoms with Gasteiger partial charge in [-0.15, -0.1) is 0 Å². The number of piperazine rings is 1. The van der Waals surface area contributed by atoms with Gasteiger partial charge in [0.25, 0.3) is 0 Å². The van der Waals surface area contributed by atoms with E-state index >= 15 is 0 Å². The summed E-state index contributed by atoms with van der Waals surface area (Å²) in [6.07, 6.45) is 10.3. The van der Waals surface area contributed by atoms with Crippen LogP contribution in [0, 0.1) is 0 Å². The van der Waals surface area contributed by atoms with Crippen molar-refractivity contribution in [1.82, 2.24) is 20.1 Å². The lowest BCUT2D eigenvalue weighted by Crippen LogP contribution is -2.51. The molecular formula is C22H31N4. The molecule has 1 radical (unpaired) electrons. The first kappa shape index (κ1) is 16.8. The molecule has 3 aliphatic rings. The minimum Gasteiger partial charge on any atom is -0.361 e. The van der Waals surface area contributed by atoms with Crippen molar-refractivity contribution in [1.29, 1.82) is 0 Å². The zero-order valence-electron chi connectivity index (χ0n) is 15.8. The van der Waals surface area contributed by atoms with E-state index in [1.54, 1.807) is 0 Å². The van der Waals surface area contributed by atoms with E-state index in [1.807, 2.05) is 0 Å². The molecule has 4 heteroatoms. The Hall–Kier alpha value is -1.36. The summed E-state index contributed by atoms with van der Waals surface area (Å²) in [7, 11) is 0. The van der Waals surface area contributed by atoms with Crippen molar-refractivity contribution < 1.29 is 0 Å². The van der Waals surface area contributed by atoms with E-state index in [0.717, 1.165) is 19.1 Å². The largest absolute Gasteiger partial charge is 0.361 e. The fourth-order valence-electron chi connectivity index (χ4n) is 4.88. The lowest BCUT2D eigenvalue weighted by Gasteiger charge is -2.43. The second kappa shape index (κ2) is 7.34. The second-order valence-electron chi connectivity index (χ2n) is 8.43. The van der Waals surface area contributed by atoms with Gasteiger partial charge in [0, 0.05) is 68.5 Å².